The summed E-state index contributed by atoms with van der Waals surface area (Å²) in [6, 6.07) is 13.8. The third-order valence-electron chi connectivity index (χ3n) is 3.10. The van der Waals surface area contributed by atoms with Gasteiger partial charge in [-0.05, 0) is 30.3 Å². The van der Waals surface area contributed by atoms with Crippen molar-refractivity contribution < 1.29 is 4.39 Å². The highest BCUT2D eigenvalue weighted by Crippen LogP contribution is 2.27. The maximum Gasteiger partial charge on any atom is 0.171 e. The molecule has 0 fully saturated rings. The molecule has 0 amide bonds. The highest BCUT2D eigenvalue weighted by atomic mass is 35.5. The van der Waals surface area contributed by atoms with Gasteiger partial charge in [0.05, 0.1) is 12.1 Å². The lowest BCUT2D eigenvalue weighted by Crippen LogP contribution is -2.08. The van der Waals surface area contributed by atoms with Crippen molar-refractivity contribution in [3.05, 3.63) is 65.2 Å². The van der Waals surface area contributed by atoms with Crippen molar-refractivity contribution in [1.82, 2.24) is 14.8 Å². The molecule has 0 bridgehead atoms. The van der Waals surface area contributed by atoms with Gasteiger partial charge in [-0.3, -0.25) is 4.57 Å². The van der Waals surface area contributed by atoms with Gasteiger partial charge >= 0.3 is 0 Å². The summed E-state index contributed by atoms with van der Waals surface area (Å²) in [4.78, 5) is 0. The molecule has 1 heterocycles. The van der Waals surface area contributed by atoms with Gasteiger partial charge < -0.3 is 5.73 Å². The van der Waals surface area contributed by atoms with Crippen LogP contribution in [0.2, 0.25) is 5.02 Å². The molecule has 0 unspecified atom stereocenters. The number of aromatic nitrogens is 3. The first kappa shape index (κ1) is 13.7. The van der Waals surface area contributed by atoms with Crippen molar-refractivity contribution >= 4 is 11.6 Å². The monoisotopic (exact) mass is 302 g/mol. The molecular weight excluding hydrogens is 291 g/mol. The molecule has 0 radical (unpaired) electrons. The van der Waals surface area contributed by atoms with Crippen LogP contribution in [-0.2, 0) is 6.54 Å². The Morgan fingerprint density at radius 3 is 2.57 bits per heavy atom. The zero-order valence-corrected chi connectivity index (χ0v) is 11.8. The van der Waals surface area contributed by atoms with Gasteiger partial charge in [0.15, 0.2) is 11.6 Å². The maximum atomic E-state index is 14.1. The minimum Gasteiger partial charge on any atom is -0.324 e. The molecular formula is C15H12ClFN4. The van der Waals surface area contributed by atoms with Crippen molar-refractivity contribution in [1.29, 1.82) is 0 Å². The van der Waals surface area contributed by atoms with Crippen LogP contribution in [0.1, 0.15) is 5.82 Å². The van der Waals surface area contributed by atoms with Crippen molar-refractivity contribution in [2.24, 2.45) is 5.73 Å². The van der Waals surface area contributed by atoms with Crippen LogP contribution < -0.4 is 5.73 Å². The molecule has 6 heteroatoms. The smallest absolute Gasteiger partial charge is 0.171 e. The minimum absolute atomic E-state index is 0.198. The Labute approximate surface area is 126 Å². The van der Waals surface area contributed by atoms with Gasteiger partial charge in [-0.15, -0.1) is 10.2 Å². The second-order valence-corrected chi connectivity index (χ2v) is 4.88. The van der Waals surface area contributed by atoms with Crippen molar-refractivity contribution in [3.8, 4) is 17.1 Å². The highest BCUT2D eigenvalue weighted by molar-refractivity contribution is 6.30. The van der Waals surface area contributed by atoms with Gasteiger partial charge in [0.25, 0.3) is 0 Å². The quantitative estimate of drug-likeness (QED) is 0.808. The molecule has 4 nitrogen and oxygen atoms in total. The van der Waals surface area contributed by atoms with Gasteiger partial charge in [-0.1, -0.05) is 29.8 Å². The van der Waals surface area contributed by atoms with Crippen LogP contribution in [0.3, 0.4) is 0 Å². The number of rotatable bonds is 3. The van der Waals surface area contributed by atoms with E-state index in [-0.39, 0.29) is 6.54 Å². The average Bonchev–Trinajstić information content (AvgIpc) is 2.94. The first-order chi connectivity index (χ1) is 10.2. The summed E-state index contributed by atoms with van der Waals surface area (Å²) in [5.74, 6) is 0.518. The van der Waals surface area contributed by atoms with Crippen molar-refractivity contribution in [3.63, 3.8) is 0 Å². The van der Waals surface area contributed by atoms with Crippen LogP contribution in [0.15, 0.2) is 48.5 Å². The molecule has 0 atom stereocenters. The molecule has 106 valence electrons. The summed E-state index contributed by atoms with van der Waals surface area (Å²) in [5, 5.41) is 8.54. The third kappa shape index (κ3) is 2.53. The fourth-order valence-corrected chi connectivity index (χ4v) is 2.31. The number of para-hydroxylation sites is 1. The standard InChI is InChI=1S/C15H12ClFN4/c16-10-6-7-13(17)12(8-10)15-20-19-14(9-18)21(15)11-4-2-1-3-5-11/h1-8H,9,18H2. The van der Waals surface area contributed by atoms with E-state index >= 15 is 0 Å². The highest BCUT2D eigenvalue weighted by Gasteiger charge is 2.17. The number of hydrogen-bond donors (Lipinski definition) is 1. The zero-order chi connectivity index (χ0) is 14.8. The minimum atomic E-state index is -0.410. The van der Waals surface area contributed by atoms with Crippen molar-refractivity contribution in [2.45, 2.75) is 6.54 Å². The van der Waals surface area contributed by atoms with Crippen molar-refractivity contribution in [2.75, 3.05) is 0 Å². The van der Waals surface area contributed by atoms with Crippen LogP contribution in [0.4, 0.5) is 4.39 Å². The maximum absolute atomic E-state index is 14.1. The van der Waals surface area contributed by atoms with E-state index in [4.69, 9.17) is 17.3 Å². The van der Waals surface area contributed by atoms with E-state index in [0.717, 1.165) is 5.69 Å². The largest absolute Gasteiger partial charge is 0.324 e. The fourth-order valence-electron chi connectivity index (χ4n) is 2.14. The summed E-state index contributed by atoms with van der Waals surface area (Å²) in [5.41, 5.74) is 6.81. The van der Waals surface area contributed by atoms with Gasteiger partial charge in [0, 0.05) is 10.7 Å². The van der Waals surface area contributed by atoms with Gasteiger partial charge in [0.1, 0.15) is 5.82 Å². The summed E-state index contributed by atoms with van der Waals surface area (Å²) >= 11 is 5.96. The lowest BCUT2D eigenvalue weighted by atomic mass is 10.2. The zero-order valence-electron chi connectivity index (χ0n) is 11.0. The van der Waals surface area contributed by atoms with E-state index in [1.807, 2.05) is 30.3 Å². The third-order valence-corrected chi connectivity index (χ3v) is 3.33. The topological polar surface area (TPSA) is 56.7 Å². The number of nitrogens with zero attached hydrogens (tertiary/aromatic N) is 3. The number of hydrogen-bond acceptors (Lipinski definition) is 3. The van der Waals surface area contributed by atoms with Crippen LogP contribution in [0.25, 0.3) is 17.1 Å². The fraction of sp³-hybridized carbons (Fsp3) is 0.0667. The normalized spacial score (nSPS) is 10.8. The Hall–Kier alpha value is -2.24. The summed E-state index contributed by atoms with van der Waals surface area (Å²) in [7, 11) is 0. The SMILES string of the molecule is NCc1nnc(-c2cc(Cl)ccc2F)n1-c1ccccc1. The molecule has 1 aromatic heterocycles. The summed E-state index contributed by atoms with van der Waals surface area (Å²) in [6.45, 7) is 0.198. The molecule has 2 aromatic carbocycles. The number of nitrogens with two attached hydrogens (primary N) is 1. The first-order valence-electron chi connectivity index (χ1n) is 6.36. The number of halogens is 2. The Morgan fingerprint density at radius 1 is 1.10 bits per heavy atom. The molecule has 21 heavy (non-hydrogen) atoms. The van der Waals surface area contributed by atoms with E-state index in [9.17, 15) is 4.39 Å². The first-order valence-corrected chi connectivity index (χ1v) is 6.73. The predicted molar refractivity (Wildman–Crippen MR) is 79.7 cm³/mol. The van der Waals surface area contributed by atoms with Crippen LogP contribution in [0.5, 0.6) is 0 Å². The average molecular weight is 303 g/mol. The van der Waals surface area contributed by atoms with Crippen LogP contribution in [0, 0.1) is 5.82 Å². The van der Waals surface area contributed by atoms with E-state index in [2.05, 4.69) is 10.2 Å². The molecule has 0 saturated carbocycles. The Kier molecular flexibility index (Phi) is 3.68. The lowest BCUT2D eigenvalue weighted by molar-refractivity contribution is 0.629. The Morgan fingerprint density at radius 2 is 1.86 bits per heavy atom. The number of benzene rings is 2. The molecule has 0 saturated heterocycles. The molecule has 0 aliphatic carbocycles. The van der Waals surface area contributed by atoms with Gasteiger partial charge in [0.2, 0.25) is 0 Å². The second-order valence-electron chi connectivity index (χ2n) is 4.44. The molecule has 0 aliphatic heterocycles. The molecule has 0 spiro atoms. The lowest BCUT2D eigenvalue weighted by Gasteiger charge is -2.10. The van der Waals surface area contributed by atoms with Crippen LogP contribution >= 0.6 is 11.6 Å². The van der Waals surface area contributed by atoms with E-state index in [1.54, 1.807) is 4.57 Å². The molecule has 2 N–H and O–H groups in total. The predicted octanol–water partition coefficient (Wildman–Crippen LogP) is 3.19. The molecule has 3 aromatic rings. The van der Waals surface area contributed by atoms with Crippen LogP contribution in [-0.4, -0.2) is 14.8 Å². The Balaban J connectivity index is 2.25. The summed E-state index contributed by atoms with van der Waals surface area (Å²) < 4.78 is 15.8. The molecule has 3 rings (SSSR count). The second kappa shape index (κ2) is 5.63. The van der Waals surface area contributed by atoms with Gasteiger partial charge in [-0.2, -0.15) is 0 Å². The summed E-state index contributed by atoms with van der Waals surface area (Å²) in [6.07, 6.45) is 0. The van der Waals surface area contributed by atoms with Gasteiger partial charge in [-0.25, -0.2) is 4.39 Å². The van der Waals surface area contributed by atoms with E-state index < -0.39 is 5.82 Å². The van der Waals surface area contributed by atoms with E-state index in [0.29, 0.717) is 22.2 Å². The Bertz CT molecular complexity index is 771. The van der Waals surface area contributed by atoms with E-state index in [1.165, 1.54) is 18.2 Å². The molecule has 0 aliphatic rings.